The second kappa shape index (κ2) is 6.17. The lowest BCUT2D eigenvalue weighted by atomic mass is 9.81. The van der Waals surface area contributed by atoms with Crippen molar-refractivity contribution in [3.05, 3.63) is 30.1 Å². The number of hydrogen-bond donors (Lipinski definition) is 3. The van der Waals surface area contributed by atoms with Crippen molar-refractivity contribution in [3.63, 3.8) is 0 Å². The van der Waals surface area contributed by atoms with E-state index in [2.05, 4.69) is 10.6 Å². The van der Waals surface area contributed by atoms with Gasteiger partial charge in [0.05, 0.1) is 10.5 Å². The quantitative estimate of drug-likeness (QED) is 0.751. The summed E-state index contributed by atoms with van der Waals surface area (Å²) in [6.45, 7) is 0. The van der Waals surface area contributed by atoms with E-state index in [0.717, 1.165) is 32.1 Å². The van der Waals surface area contributed by atoms with Gasteiger partial charge in [0.15, 0.2) is 0 Å². The van der Waals surface area contributed by atoms with Gasteiger partial charge in [0.2, 0.25) is 0 Å². The number of amides is 2. The first kappa shape index (κ1) is 14.7. The van der Waals surface area contributed by atoms with E-state index in [9.17, 15) is 9.18 Å². The minimum Gasteiger partial charge on any atom is -0.391 e. The number of nitrogens with one attached hydrogen (secondary N) is 2. The minimum absolute atomic E-state index is 0.325. The maximum Gasteiger partial charge on any atom is 0.320 e. The smallest absolute Gasteiger partial charge is 0.320 e. The van der Waals surface area contributed by atoms with E-state index in [0.29, 0.717) is 10.7 Å². The monoisotopic (exact) mass is 295 g/mol. The molecule has 1 aliphatic carbocycles. The topological polar surface area (TPSA) is 67.1 Å². The largest absolute Gasteiger partial charge is 0.391 e. The van der Waals surface area contributed by atoms with Crippen molar-refractivity contribution in [2.24, 2.45) is 5.73 Å². The van der Waals surface area contributed by atoms with Crippen molar-refractivity contribution in [2.75, 3.05) is 5.32 Å². The van der Waals surface area contributed by atoms with Crippen LogP contribution in [0, 0.1) is 5.82 Å². The molecule has 0 heterocycles. The zero-order valence-corrected chi connectivity index (χ0v) is 11.9. The number of halogens is 1. The van der Waals surface area contributed by atoms with Crippen molar-refractivity contribution in [1.29, 1.82) is 0 Å². The second-order valence-electron chi connectivity index (χ2n) is 5.09. The third-order valence-electron chi connectivity index (χ3n) is 3.63. The molecule has 0 bridgehead atoms. The van der Waals surface area contributed by atoms with Gasteiger partial charge in [-0.25, -0.2) is 9.18 Å². The Morgan fingerprint density at radius 3 is 2.35 bits per heavy atom. The first-order valence-electron chi connectivity index (χ1n) is 6.66. The van der Waals surface area contributed by atoms with E-state index in [1.54, 1.807) is 0 Å². The lowest BCUT2D eigenvalue weighted by Gasteiger charge is -2.37. The molecule has 0 spiro atoms. The summed E-state index contributed by atoms with van der Waals surface area (Å²) in [5.74, 6) is -0.345. The van der Waals surface area contributed by atoms with Crippen LogP contribution in [-0.2, 0) is 0 Å². The molecular formula is C14H18FN3OS. The normalized spacial score (nSPS) is 17.2. The molecule has 1 saturated carbocycles. The fourth-order valence-corrected chi connectivity index (χ4v) is 2.76. The van der Waals surface area contributed by atoms with Gasteiger partial charge in [-0.2, -0.15) is 0 Å². The van der Waals surface area contributed by atoms with Gasteiger partial charge >= 0.3 is 6.03 Å². The number of carbonyl (C=O) groups is 1. The van der Waals surface area contributed by atoms with Crippen molar-refractivity contribution in [1.82, 2.24) is 5.32 Å². The molecule has 0 aliphatic heterocycles. The molecule has 2 rings (SSSR count). The summed E-state index contributed by atoms with van der Waals surface area (Å²) in [5, 5.41) is 5.55. The molecule has 20 heavy (non-hydrogen) atoms. The summed E-state index contributed by atoms with van der Waals surface area (Å²) >= 11 is 5.11. The molecule has 0 atom stereocenters. The third-order valence-corrected chi connectivity index (χ3v) is 4.02. The summed E-state index contributed by atoms with van der Waals surface area (Å²) in [4.78, 5) is 12.4. The van der Waals surface area contributed by atoms with Gasteiger partial charge in [-0.3, -0.25) is 0 Å². The molecule has 4 nitrogen and oxygen atoms in total. The maximum atomic E-state index is 12.8. The van der Waals surface area contributed by atoms with E-state index < -0.39 is 5.54 Å². The van der Waals surface area contributed by atoms with E-state index >= 15 is 0 Å². The van der Waals surface area contributed by atoms with Gasteiger partial charge in [-0.1, -0.05) is 31.5 Å². The fourth-order valence-electron chi connectivity index (χ4n) is 2.50. The summed E-state index contributed by atoms with van der Waals surface area (Å²) in [7, 11) is 0. The maximum absolute atomic E-state index is 12.8. The van der Waals surface area contributed by atoms with Crippen LogP contribution in [0.15, 0.2) is 24.3 Å². The number of thiocarbonyl (C=S) groups is 1. The van der Waals surface area contributed by atoms with Crippen LogP contribution in [0.2, 0.25) is 0 Å². The Hall–Kier alpha value is -1.69. The van der Waals surface area contributed by atoms with Crippen LogP contribution in [0.3, 0.4) is 0 Å². The zero-order valence-electron chi connectivity index (χ0n) is 11.1. The number of rotatable bonds is 3. The third kappa shape index (κ3) is 3.45. The van der Waals surface area contributed by atoms with E-state index in [1.807, 2.05) is 0 Å². The molecule has 1 aliphatic rings. The Labute approximate surface area is 122 Å². The van der Waals surface area contributed by atoms with Crippen LogP contribution in [0.25, 0.3) is 0 Å². The molecule has 0 radical (unpaired) electrons. The standard InChI is InChI=1S/C14H18FN3OS/c15-10-4-6-11(7-5-10)17-13(19)18-14(12(16)20)8-2-1-3-9-14/h4-7H,1-3,8-9H2,(H2,16,20)(H2,17,18,19). The number of carbonyl (C=O) groups excluding carboxylic acids is 1. The van der Waals surface area contributed by atoms with Crippen LogP contribution >= 0.6 is 12.2 Å². The highest BCUT2D eigenvalue weighted by molar-refractivity contribution is 7.80. The number of benzene rings is 1. The molecule has 1 fully saturated rings. The Morgan fingerprint density at radius 1 is 1.20 bits per heavy atom. The lowest BCUT2D eigenvalue weighted by Crippen LogP contribution is -2.58. The van der Waals surface area contributed by atoms with Crippen molar-refractivity contribution in [3.8, 4) is 0 Å². The van der Waals surface area contributed by atoms with Crippen molar-refractivity contribution in [2.45, 2.75) is 37.6 Å². The lowest BCUT2D eigenvalue weighted by molar-refractivity contribution is 0.236. The minimum atomic E-state index is -0.600. The average Bonchev–Trinajstić information content (AvgIpc) is 2.42. The predicted molar refractivity (Wildman–Crippen MR) is 81.2 cm³/mol. The van der Waals surface area contributed by atoms with Gasteiger partial charge in [-0.05, 0) is 37.1 Å². The highest BCUT2D eigenvalue weighted by Crippen LogP contribution is 2.28. The number of nitrogens with two attached hydrogens (primary N) is 1. The van der Waals surface area contributed by atoms with Crippen LogP contribution in [0.4, 0.5) is 14.9 Å². The van der Waals surface area contributed by atoms with Crippen molar-refractivity contribution < 1.29 is 9.18 Å². The fraction of sp³-hybridized carbons (Fsp3) is 0.429. The van der Waals surface area contributed by atoms with E-state index in [4.69, 9.17) is 18.0 Å². The average molecular weight is 295 g/mol. The van der Waals surface area contributed by atoms with Crippen LogP contribution in [-0.4, -0.2) is 16.6 Å². The molecule has 0 aromatic heterocycles. The van der Waals surface area contributed by atoms with Crippen LogP contribution < -0.4 is 16.4 Å². The first-order chi connectivity index (χ1) is 9.52. The number of hydrogen-bond acceptors (Lipinski definition) is 2. The summed E-state index contributed by atoms with van der Waals surface area (Å²) in [6, 6.07) is 5.22. The Bertz CT molecular complexity index is 498. The van der Waals surface area contributed by atoms with Gasteiger partial charge in [0.25, 0.3) is 0 Å². The van der Waals surface area contributed by atoms with E-state index in [-0.39, 0.29) is 11.8 Å². The summed E-state index contributed by atoms with van der Waals surface area (Å²) < 4.78 is 12.8. The summed E-state index contributed by atoms with van der Waals surface area (Å²) in [5.41, 5.74) is 5.73. The van der Waals surface area contributed by atoms with Gasteiger partial charge in [0, 0.05) is 5.69 Å². The molecule has 108 valence electrons. The number of urea groups is 1. The highest BCUT2D eigenvalue weighted by Gasteiger charge is 2.36. The molecular weight excluding hydrogens is 277 g/mol. The molecule has 1 aromatic carbocycles. The molecule has 6 heteroatoms. The van der Waals surface area contributed by atoms with Gasteiger partial charge in [-0.15, -0.1) is 0 Å². The predicted octanol–water partition coefficient (Wildman–Crippen LogP) is 2.94. The second-order valence-corrected chi connectivity index (χ2v) is 5.53. The molecule has 0 saturated heterocycles. The zero-order chi connectivity index (χ0) is 14.6. The van der Waals surface area contributed by atoms with Crippen molar-refractivity contribution >= 4 is 28.9 Å². The Balaban J connectivity index is 2.01. The van der Waals surface area contributed by atoms with Crippen LogP contribution in [0.1, 0.15) is 32.1 Å². The molecule has 1 aromatic rings. The highest BCUT2D eigenvalue weighted by atomic mass is 32.1. The molecule has 2 amide bonds. The Morgan fingerprint density at radius 2 is 1.80 bits per heavy atom. The first-order valence-corrected chi connectivity index (χ1v) is 7.07. The van der Waals surface area contributed by atoms with E-state index in [1.165, 1.54) is 24.3 Å². The SMILES string of the molecule is NC(=S)C1(NC(=O)Nc2ccc(F)cc2)CCCCC1. The Kier molecular flexibility index (Phi) is 4.54. The van der Waals surface area contributed by atoms with Gasteiger partial charge in [0.1, 0.15) is 5.82 Å². The number of anilines is 1. The summed E-state index contributed by atoms with van der Waals surface area (Å²) in [6.07, 6.45) is 4.65. The molecule has 4 N–H and O–H groups in total. The van der Waals surface area contributed by atoms with Crippen LogP contribution in [0.5, 0.6) is 0 Å². The molecule has 0 unspecified atom stereocenters. The van der Waals surface area contributed by atoms with Gasteiger partial charge < -0.3 is 16.4 Å².